The molecule has 0 aliphatic carbocycles. The van der Waals surface area contributed by atoms with E-state index in [0.29, 0.717) is 37.0 Å². The van der Waals surface area contributed by atoms with Gasteiger partial charge >= 0.3 is 0 Å². The van der Waals surface area contributed by atoms with Crippen LogP contribution in [0, 0.1) is 11.3 Å². The highest BCUT2D eigenvalue weighted by molar-refractivity contribution is 7.89. The van der Waals surface area contributed by atoms with Gasteiger partial charge in [-0.25, -0.2) is 8.42 Å². The van der Waals surface area contributed by atoms with Crippen molar-refractivity contribution >= 4 is 15.9 Å². The fourth-order valence-corrected chi connectivity index (χ4v) is 4.74. The zero-order chi connectivity index (χ0) is 20.0. The van der Waals surface area contributed by atoms with Crippen molar-refractivity contribution in [3.8, 4) is 17.5 Å². The van der Waals surface area contributed by atoms with E-state index in [4.69, 9.17) is 4.42 Å². The number of hydrogen-bond donors (Lipinski definition) is 1. The van der Waals surface area contributed by atoms with Crippen LogP contribution >= 0.6 is 0 Å². The van der Waals surface area contributed by atoms with Crippen LogP contribution in [0.2, 0.25) is 0 Å². The van der Waals surface area contributed by atoms with E-state index in [1.54, 1.807) is 28.6 Å². The third-order valence-electron chi connectivity index (χ3n) is 4.85. The van der Waals surface area contributed by atoms with E-state index >= 15 is 0 Å². The van der Waals surface area contributed by atoms with Crippen LogP contribution in [0.3, 0.4) is 0 Å². The number of rotatable bonds is 7. The van der Waals surface area contributed by atoms with Crippen molar-refractivity contribution < 1.29 is 12.8 Å². The summed E-state index contributed by atoms with van der Waals surface area (Å²) in [5.74, 6) is 0.654. The van der Waals surface area contributed by atoms with Gasteiger partial charge in [-0.2, -0.15) is 14.6 Å². The molecule has 28 heavy (non-hydrogen) atoms. The van der Waals surface area contributed by atoms with E-state index in [1.165, 1.54) is 0 Å². The van der Waals surface area contributed by atoms with E-state index in [-0.39, 0.29) is 10.6 Å². The lowest BCUT2D eigenvalue weighted by atomic mass is 10.2. The Labute approximate surface area is 166 Å². The largest absolute Gasteiger partial charge is 0.419 e. The summed E-state index contributed by atoms with van der Waals surface area (Å²) in [5, 5.41) is 12.3. The minimum absolute atomic E-state index is 0.201. The molecule has 1 aromatic heterocycles. The third-order valence-corrected chi connectivity index (χ3v) is 6.77. The van der Waals surface area contributed by atoms with E-state index in [9.17, 15) is 13.7 Å². The second-order valence-corrected chi connectivity index (χ2v) is 8.87. The summed E-state index contributed by atoms with van der Waals surface area (Å²) in [5.41, 5.74) is 0.835. The maximum atomic E-state index is 12.9. The number of aromatic nitrogens is 1. The molecule has 2 aromatic rings. The lowest BCUT2D eigenvalue weighted by Gasteiger charge is -2.19. The molecule has 0 atom stereocenters. The zero-order valence-electron chi connectivity index (χ0n) is 16.1. The fourth-order valence-electron chi connectivity index (χ4n) is 3.22. The highest BCUT2D eigenvalue weighted by Gasteiger charge is 2.25. The second-order valence-electron chi connectivity index (χ2n) is 6.93. The molecule has 2 heterocycles. The molecule has 0 unspecified atom stereocenters. The van der Waals surface area contributed by atoms with Gasteiger partial charge in [0.1, 0.15) is 6.07 Å². The molecule has 1 N–H and O–H groups in total. The maximum Gasteiger partial charge on any atom is 0.243 e. The van der Waals surface area contributed by atoms with Gasteiger partial charge in [-0.1, -0.05) is 26.2 Å². The van der Waals surface area contributed by atoms with E-state index in [1.807, 2.05) is 6.07 Å². The van der Waals surface area contributed by atoms with Crippen molar-refractivity contribution in [2.24, 2.45) is 0 Å². The highest BCUT2D eigenvalue weighted by atomic mass is 32.2. The zero-order valence-corrected chi connectivity index (χ0v) is 17.0. The van der Waals surface area contributed by atoms with Crippen molar-refractivity contribution in [1.29, 1.82) is 5.26 Å². The lowest BCUT2D eigenvalue weighted by Crippen LogP contribution is -2.31. The number of nitriles is 1. The molecule has 0 bridgehead atoms. The number of unbranched alkanes of at least 4 members (excludes halogenated alkanes) is 1. The molecule has 0 saturated carbocycles. The molecule has 1 aliphatic rings. The fraction of sp³-hybridized carbons (Fsp3) is 0.500. The Morgan fingerprint density at radius 1 is 1.18 bits per heavy atom. The second kappa shape index (κ2) is 9.22. The van der Waals surface area contributed by atoms with Gasteiger partial charge in [-0.15, -0.1) is 0 Å². The molecule has 0 radical (unpaired) electrons. The van der Waals surface area contributed by atoms with Crippen LogP contribution in [-0.2, 0) is 10.0 Å². The quantitative estimate of drug-likeness (QED) is 0.703. The summed E-state index contributed by atoms with van der Waals surface area (Å²) in [7, 11) is -3.49. The molecule has 1 aliphatic heterocycles. The normalized spacial score (nSPS) is 15.7. The number of oxazole rings is 1. The molecule has 3 rings (SSSR count). The topological polar surface area (TPSA) is 99.2 Å². The van der Waals surface area contributed by atoms with Crippen LogP contribution < -0.4 is 5.32 Å². The van der Waals surface area contributed by atoms with Gasteiger partial charge in [0.15, 0.2) is 0 Å². The van der Waals surface area contributed by atoms with E-state index in [0.717, 1.165) is 38.5 Å². The molecule has 8 heteroatoms. The average Bonchev–Trinajstić information content (AvgIpc) is 2.91. The minimum Gasteiger partial charge on any atom is -0.419 e. The van der Waals surface area contributed by atoms with E-state index < -0.39 is 10.0 Å². The van der Waals surface area contributed by atoms with Gasteiger partial charge in [0.05, 0.1) is 4.90 Å². The first-order chi connectivity index (χ1) is 13.6. The molecule has 150 valence electrons. The molecule has 0 amide bonds. The number of anilines is 1. The highest BCUT2D eigenvalue weighted by Crippen LogP contribution is 2.27. The first kappa shape index (κ1) is 20.4. The van der Waals surface area contributed by atoms with Gasteiger partial charge in [0.2, 0.25) is 27.5 Å². The summed E-state index contributed by atoms with van der Waals surface area (Å²) < 4.78 is 33.0. The Balaban J connectivity index is 1.80. The van der Waals surface area contributed by atoms with Crippen molar-refractivity contribution in [2.75, 3.05) is 25.0 Å². The van der Waals surface area contributed by atoms with Gasteiger partial charge < -0.3 is 9.73 Å². The number of hydrogen-bond acceptors (Lipinski definition) is 6. The summed E-state index contributed by atoms with van der Waals surface area (Å²) >= 11 is 0. The van der Waals surface area contributed by atoms with Crippen molar-refractivity contribution in [2.45, 2.75) is 50.3 Å². The Hall–Kier alpha value is -2.37. The van der Waals surface area contributed by atoms with Gasteiger partial charge in [0, 0.05) is 25.2 Å². The van der Waals surface area contributed by atoms with Crippen LogP contribution in [0.5, 0.6) is 0 Å². The number of benzene rings is 1. The smallest absolute Gasteiger partial charge is 0.243 e. The first-order valence-corrected chi connectivity index (χ1v) is 11.3. The van der Waals surface area contributed by atoms with E-state index in [2.05, 4.69) is 17.2 Å². The molecular weight excluding hydrogens is 376 g/mol. The minimum atomic E-state index is -3.49. The van der Waals surface area contributed by atoms with Gasteiger partial charge in [0.25, 0.3) is 0 Å². The molecule has 7 nitrogen and oxygen atoms in total. The Kier molecular flexibility index (Phi) is 6.70. The average molecular weight is 403 g/mol. The molecule has 1 aromatic carbocycles. The predicted molar refractivity (Wildman–Crippen MR) is 107 cm³/mol. The number of nitrogens with one attached hydrogen (secondary N) is 1. The summed E-state index contributed by atoms with van der Waals surface area (Å²) in [6, 6.07) is 8.53. The lowest BCUT2D eigenvalue weighted by molar-refractivity contribution is 0.423. The van der Waals surface area contributed by atoms with Gasteiger partial charge in [-0.05, 0) is 43.5 Å². The third kappa shape index (κ3) is 4.54. The maximum absolute atomic E-state index is 12.9. The molecule has 1 saturated heterocycles. The van der Waals surface area contributed by atoms with Crippen molar-refractivity contribution in [3.05, 3.63) is 30.0 Å². The van der Waals surface area contributed by atoms with Crippen LogP contribution in [-0.4, -0.2) is 37.3 Å². The summed E-state index contributed by atoms with van der Waals surface area (Å²) in [6.45, 7) is 3.93. The molecule has 1 fully saturated rings. The summed E-state index contributed by atoms with van der Waals surface area (Å²) in [6.07, 6.45) is 5.94. The van der Waals surface area contributed by atoms with Crippen LogP contribution in [0.15, 0.2) is 33.6 Å². The standard InChI is InChI=1S/C20H26N4O3S/c1-2-3-12-22-20-18(15-21)23-19(27-20)16-8-10-17(11-9-16)28(25,26)24-13-6-4-5-7-14-24/h8-11,22H,2-7,12-14H2,1H3. The van der Waals surface area contributed by atoms with Gasteiger partial charge in [-0.3, -0.25) is 0 Å². The molecular formula is C20H26N4O3S. The van der Waals surface area contributed by atoms with Crippen molar-refractivity contribution in [1.82, 2.24) is 9.29 Å². The van der Waals surface area contributed by atoms with Crippen LogP contribution in [0.1, 0.15) is 51.1 Å². The Morgan fingerprint density at radius 3 is 2.46 bits per heavy atom. The summed E-state index contributed by atoms with van der Waals surface area (Å²) in [4.78, 5) is 4.49. The first-order valence-electron chi connectivity index (χ1n) is 9.81. The molecule has 0 spiro atoms. The SMILES string of the molecule is CCCCNc1oc(-c2ccc(S(=O)(=O)N3CCCCCC3)cc2)nc1C#N. The van der Waals surface area contributed by atoms with Crippen molar-refractivity contribution in [3.63, 3.8) is 0 Å². The predicted octanol–water partition coefficient (Wildman–Crippen LogP) is 3.99. The number of nitrogens with zero attached hydrogens (tertiary/aromatic N) is 3. The Morgan fingerprint density at radius 2 is 1.86 bits per heavy atom. The van der Waals surface area contributed by atoms with Crippen LogP contribution in [0.25, 0.3) is 11.5 Å². The van der Waals surface area contributed by atoms with Crippen LogP contribution in [0.4, 0.5) is 5.88 Å². The monoisotopic (exact) mass is 402 g/mol. The Bertz CT molecular complexity index is 921. The number of sulfonamides is 1.